The minimum absolute atomic E-state index is 0.661. The molecular formula is C16H33N3O2S. The van der Waals surface area contributed by atoms with Crippen LogP contribution in [0.4, 0.5) is 0 Å². The summed E-state index contributed by atoms with van der Waals surface area (Å²) in [5.41, 5.74) is 0. The van der Waals surface area contributed by atoms with Gasteiger partial charge < -0.3 is 19.7 Å². The van der Waals surface area contributed by atoms with Crippen LogP contribution in [0.15, 0.2) is 4.99 Å². The second-order valence-electron chi connectivity index (χ2n) is 5.79. The largest absolute Gasteiger partial charge is 0.382 e. The quantitative estimate of drug-likeness (QED) is 0.398. The van der Waals surface area contributed by atoms with Crippen molar-refractivity contribution in [2.75, 3.05) is 58.9 Å². The molecule has 0 aliphatic carbocycles. The Morgan fingerprint density at radius 3 is 2.86 bits per heavy atom. The summed E-state index contributed by atoms with van der Waals surface area (Å²) < 4.78 is 10.4. The third-order valence-corrected chi connectivity index (χ3v) is 5.15. The first-order valence-electron chi connectivity index (χ1n) is 8.40. The van der Waals surface area contributed by atoms with Crippen LogP contribution in [-0.4, -0.2) is 75.0 Å². The van der Waals surface area contributed by atoms with Gasteiger partial charge in [0.15, 0.2) is 5.96 Å². The Morgan fingerprint density at radius 2 is 2.18 bits per heavy atom. The molecule has 1 N–H and O–H groups in total. The third kappa shape index (κ3) is 7.70. The molecule has 0 aromatic carbocycles. The molecule has 0 aromatic rings. The molecule has 0 radical (unpaired) electrons. The van der Waals surface area contributed by atoms with Crippen LogP contribution in [0.3, 0.4) is 0 Å². The van der Waals surface area contributed by atoms with Gasteiger partial charge in [0.2, 0.25) is 0 Å². The fourth-order valence-corrected chi connectivity index (χ4v) is 3.59. The number of methoxy groups -OCH3 is 1. The van der Waals surface area contributed by atoms with Crippen molar-refractivity contribution in [3.8, 4) is 0 Å². The first-order valence-corrected chi connectivity index (χ1v) is 9.45. The van der Waals surface area contributed by atoms with E-state index >= 15 is 0 Å². The van der Waals surface area contributed by atoms with E-state index < -0.39 is 0 Å². The van der Waals surface area contributed by atoms with Gasteiger partial charge in [-0.15, -0.1) is 0 Å². The van der Waals surface area contributed by atoms with Gasteiger partial charge in [0, 0.05) is 50.9 Å². The fraction of sp³-hybridized carbons (Fsp3) is 0.938. The molecule has 1 unspecified atom stereocenters. The standard InChI is InChI=1S/C16H33N3O2S/c1-5-17-16(18-7-6-9-21-11-10-20-4)19-8-12-22-15(13-19)14(2)3/h14-15H,5-13H2,1-4H3,(H,17,18). The lowest BCUT2D eigenvalue weighted by Crippen LogP contribution is -2.49. The van der Waals surface area contributed by atoms with E-state index in [1.54, 1.807) is 7.11 Å². The molecular weight excluding hydrogens is 298 g/mol. The highest BCUT2D eigenvalue weighted by Crippen LogP contribution is 2.24. The molecule has 22 heavy (non-hydrogen) atoms. The summed E-state index contributed by atoms with van der Waals surface area (Å²) in [6.07, 6.45) is 0.953. The van der Waals surface area contributed by atoms with Crippen molar-refractivity contribution in [3.63, 3.8) is 0 Å². The molecule has 5 nitrogen and oxygen atoms in total. The van der Waals surface area contributed by atoms with E-state index in [1.165, 1.54) is 5.75 Å². The molecule has 1 aliphatic rings. The summed E-state index contributed by atoms with van der Waals surface area (Å²) in [5, 5.41) is 4.13. The van der Waals surface area contributed by atoms with Crippen LogP contribution in [-0.2, 0) is 9.47 Å². The highest BCUT2D eigenvalue weighted by molar-refractivity contribution is 8.00. The van der Waals surface area contributed by atoms with E-state index in [9.17, 15) is 0 Å². The lowest BCUT2D eigenvalue weighted by atomic mass is 10.1. The van der Waals surface area contributed by atoms with Gasteiger partial charge in [0.25, 0.3) is 0 Å². The minimum atomic E-state index is 0.661. The molecule has 0 amide bonds. The normalized spacial score (nSPS) is 19.8. The van der Waals surface area contributed by atoms with E-state index in [4.69, 9.17) is 14.5 Å². The second kappa shape index (κ2) is 12.0. The summed E-state index contributed by atoms with van der Waals surface area (Å²) in [7, 11) is 1.69. The maximum atomic E-state index is 5.48. The monoisotopic (exact) mass is 331 g/mol. The first kappa shape index (κ1) is 19.6. The highest BCUT2D eigenvalue weighted by Gasteiger charge is 2.24. The van der Waals surface area contributed by atoms with Gasteiger partial charge in [-0.1, -0.05) is 13.8 Å². The number of ether oxygens (including phenoxy) is 2. The number of thioether (sulfide) groups is 1. The molecule has 1 rings (SSSR count). The molecule has 1 atom stereocenters. The van der Waals surface area contributed by atoms with Crippen LogP contribution in [0.25, 0.3) is 0 Å². The Bertz CT molecular complexity index is 314. The Kier molecular flexibility index (Phi) is 10.7. The molecule has 0 bridgehead atoms. The summed E-state index contributed by atoms with van der Waals surface area (Å²) in [6.45, 7) is 12.7. The zero-order valence-electron chi connectivity index (χ0n) is 14.6. The van der Waals surface area contributed by atoms with Crippen LogP contribution >= 0.6 is 11.8 Å². The fourth-order valence-electron chi connectivity index (χ4n) is 2.29. The van der Waals surface area contributed by atoms with E-state index in [-0.39, 0.29) is 0 Å². The Hall–Kier alpha value is -0.460. The average Bonchev–Trinajstić information content (AvgIpc) is 2.53. The number of hydrogen-bond donors (Lipinski definition) is 1. The number of rotatable bonds is 9. The van der Waals surface area contributed by atoms with Crippen molar-refractivity contribution in [1.29, 1.82) is 0 Å². The van der Waals surface area contributed by atoms with Crippen molar-refractivity contribution in [3.05, 3.63) is 0 Å². The molecule has 1 aliphatic heterocycles. The van der Waals surface area contributed by atoms with Crippen molar-refractivity contribution < 1.29 is 9.47 Å². The predicted molar refractivity (Wildman–Crippen MR) is 95.9 cm³/mol. The smallest absolute Gasteiger partial charge is 0.193 e. The van der Waals surface area contributed by atoms with Gasteiger partial charge in [0.05, 0.1) is 13.2 Å². The summed E-state index contributed by atoms with van der Waals surface area (Å²) >= 11 is 2.09. The van der Waals surface area contributed by atoms with E-state index in [0.29, 0.717) is 24.4 Å². The SMILES string of the molecule is CCNC(=NCCCOCCOC)N1CCSC(C(C)C)C1. The molecule has 1 heterocycles. The number of nitrogens with zero attached hydrogens (tertiary/aromatic N) is 2. The van der Waals surface area contributed by atoms with Gasteiger partial charge in [-0.2, -0.15) is 11.8 Å². The molecule has 0 saturated carbocycles. The van der Waals surface area contributed by atoms with Crippen LogP contribution in [0.5, 0.6) is 0 Å². The summed E-state index contributed by atoms with van der Waals surface area (Å²) in [4.78, 5) is 7.17. The van der Waals surface area contributed by atoms with Crippen molar-refractivity contribution in [2.24, 2.45) is 10.9 Å². The molecule has 6 heteroatoms. The third-order valence-electron chi connectivity index (χ3n) is 3.61. The van der Waals surface area contributed by atoms with Crippen molar-refractivity contribution in [1.82, 2.24) is 10.2 Å². The Balaban J connectivity index is 2.37. The van der Waals surface area contributed by atoms with E-state index in [2.05, 4.69) is 42.7 Å². The maximum absolute atomic E-state index is 5.48. The number of hydrogen-bond acceptors (Lipinski definition) is 4. The van der Waals surface area contributed by atoms with Crippen molar-refractivity contribution in [2.45, 2.75) is 32.4 Å². The van der Waals surface area contributed by atoms with Gasteiger partial charge in [0.1, 0.15) is 0 Å². The first-order chi connectivity index (χ1) is 10.7. The van der Waals surface area contributed by atoms with E-state index in [1.807, 2.05) is 0 Å². The molecule has 0 spiro atoms. The van der Waals surface area contributed by atoms with Gasteiger partial charge in [-0.25, -0.2) is 0 Å². The van der Waals surface area contributed by atoms with Crippen LogP contribution in [0.1, 0.15) is 27.2 Å². The lowest BCUT2D eigenvalue weighted by Gasteiger charge is -2.36. The second-order valence-corrected chi connectivity index (χ2v) is 7.14. The maximum Gasteiger partial charge on any atom is 0.193 e. The minimum Gasteiger partial charge on any atom is -0.382 e. The van der Waals surface area contributed by atoms with Crippen LogP contribution in [0, 0.1) is 5.92 Å². The van der Waals surface area contributed by atoms with Crippen LogP contribution < -0.4 is 5.32 Å². The van der Waals surface area contributed by atoms with E-state index in [0.717, 1.165) is 45.2 Å². The number of nitrogens with one attached hydrogen (secondary N) is 1. The lowest BCUT2D eigenvalue weighted by molar-refractivity contribution is 0.0702. The average molecular weight is 332 g/mol. The molecule has 1 fully saturated rings. The predicted octanol–water partition coefficient (Wildman–Crippen LogP) is 2.08. The van der Waals surface area contributed by atoms with Gasteiger partial charge in [-0.05, 0) is 19.3 Å². The zero-order valence-corrected chi connectivity index (χ0v) is 15.5. The molecule has 130 valence electrons. The Labute approximate surface area is 140 Å². The van der Waals surface area contributed by atoms with Crippen LogP contribution in [0.2, 0.25) is 0 Å². The highest BCUT2D eigenvalue weighted by atomic mass is 32.2. The summed E-state index contributed by atoms with van der Waals surface area (Å²) in [6, 6.07) is 0. The topological polar surface area (TPSA) is 46.1 Å². The number of guanidine groups is 1. The Morgan fingerprint density at radius 1 is 1.36 bits per heavy atom. The molecule has 0 aromatic heterocycles. The van der Waals surface area contributed by atoms with Crippen molar-refractivity contribution >= 4 is 17.7 Å². The van der Waals surface area contributed by atoms with Gasteiger partial charge >= 0.3 is 0 Å². The number of aliphatic imine (C=N–C) groups is 1. The van der Waals surface area contributed by atoms with Gasteiger partial charge in [-0.3, -0.25) is 4.99 Å². The molecule has 1 saturated heterocycles. The zero-order chi connectivity index (χ0) is 16.2. The summed E-state index contributed by atoms with van der Waals surface area (Å²) in [5.74, 6) is 2.96.